The summed E-state index contributed by atoms with van der Waals surface area (Å²) in [6.45, 7) is 0.315. The number of carbonyl (C=O) groups excluding carboxylic acids is 1. The molecule has 2 fully saturated rings. The number of nitrogens with one attached hydrogen (secondary N) is 2. The topological polar surface area (TPSA) is 112 Å². The predicted octanol–water partition coefficient (Wildman–Crippen LogP) is 0.328. The molecule has 0 unspecified atom stereocenters. The molecule has 0 aromatic heterocycles. The number of anilines is 1. The molecule has 138 valence electrons. The van der Waals surface area contributed by atoms with Gasteiger partial charge in [-0.3, -0.25) is 5.32 Å². The average Bonchev–Trinajstić information content (AvgIpc) is 3.11. The van der Waals surface area contributed by atoms with Gasteiger partial charge in [0.25, 0.3) is 0 Å². The third kappa shape index (κ3) is 4.40. The second kappa shape index (κ2) is 7.16. The summed E-state index contributed by atoms with van der Waals surface area (Å²) in [4.78, 5) is 12.0. The van der Waals surface area contributed by atoms with E-state index in [1.807, 2.05) is 0 Å². The van der Waals surface area contributed by atoms with Crippen LogP contribution in [-0.2, 0) is 24.2 Å². The number of benzene rings is 1. The monoisotopic (exact) mass is 372 g/mol. The first-order valence-electron chi connectivity index (χ1n) is 7.68. The van der Waals surface area contributed by atoms with Crippen molar-refractivity contribution < 1.29 is 32.2 Å². The summed E-state index contributed by atoms with van der Waals surface area (Å²) >= 11 is 0. The summed E-state index contributed by atoms with van der Waals surface area (Å²) in [5.74, 6) is 0.676. The van der Waals surface area contributed by atoms with Crippen molar-refractivity contribution in [1.82, 2.24) is 4.72 Å². The molecule has 0 radical (unpaired) electrons. The van der Waals surface area contributed by atoms with Gasteiger partial charge in [-0.2, -0.15) is 0 Å². The van der Waals surface area contributed by atoms with Crippen molar-refractivity contribution in [2.24, 2.45) is 0 Å². The second-order valence-corrected chi connectivity index (χ2v) is 7.67. The van der Waals surface area contributed by atoms with Crippen LogP contribution in [0.25, 0.3) is 0 Å². The third-order valence-corrected chi connectivity index (χ3v) is 4.70. The zero-order chi connectivity index (χ0) is 18.0. The van der Waals surface area contributed by atoms with Gasteiger partial charge in [-0.1, -0.05) is 0 Å². The molecular weight excluding hydrogens is 352 g/mol. The van der Waals surface area contributed by atoms with E-state index < -0.39 is 40.5 Å². The van der Waals surface area contributed by atoms with Gasteiger partial charge in [0.15, 0.2) is 6.10 Å². The molecular formula is C15H20N2O7S. The van der Waals surface area contributed by atoms with Gasteiger partial charge < -0.3 is 18.9 Å². The molecule has 1 aromatic carbocycles. The first-order valence-corrected chi connectivity index (χ1v) is 9.57. The minimum absolute atomic E-state index is 0.146. The summed E-state index contributed by atoms with van der Waals surface area (Å²) in [6.07, 6.45) is -1.14. The second-order valence-electron chi connectivity index (χ2n) is 5.89. The van der Waals surface area contributed by atoms with Gasteiger partial charge in [0, 0.05) is 5.69 Å². The van der Waals surface area contributed by atoms with Gasteiger partial charge in [0.05, 0.1) is 32.6 Å². The van der Waals surface area contributed by atoms with E-state index in [0.717, 1.165) is 6.26 Å². The van der Waals surface area contributed by atoms with E-state index in [1.165, 1.54) is 0 Å². The maximum absolute atomic E-state index is 12.0. The molecule has 2 heterocycles. The van der Waals surface area contributed by atoms with Crippen molar-refractivity contribution in [3.8, 4) is 5.75 Å². The van der Waals surface area contributed by atoms with Gasteiger partial charge in [-0.05, 0) is 24.3 Å². The van der Waals surface area contributed by atoms with Crippen LogP contribution < -0.4 is 14.8 Å². The Kier molecular flexibility index (Phi) is 5.13. The molecule has 1 aromatic rings. The van der Waals surface area contributed by atoms with Gasteiger partial charge in [-0.25, -0.2) is 17.9 Å². The maximum atomic E-state index is 12.0. The van der Waals surface area contributed by atoms with Crippen LogP contribution in [0, 0.1) is 0 Å². The Labute approximate surface area is 145 Å². The average molecular weight is 372 g/mol. The number of ether oxygens (including phenoxy) is 4. The van der Waals surface area contributed by atoms with Crippen LogP contribution in [0.1, 0.15) is 0 Å². The fourth-order valence-corrected chi connectivity index (χ4v) is 3.65. The van der Waals surface area contributed by atoms with E-state index in [4.69, 9.17) is 18.9 Å². The van der Waals surface area contributed by atoms with E-state index >= 15 is 0 Å². The first-order chi connectivity index (χ1) is 11.9. The molecule has 0 spiro atoms. The number of fused-ring (bicyclic) bond motifs is 1. The number of hydrogen-bond donors (Lipinski definition) is 2. The number of hydrogen-bond acceptors (Lipinski definition) is 7. The molecule has 2 saturated heterocycles. The molecule has 0 aliphatic carbocycles. The highest BCUT2D eigenvalue weighted by Crippen LogP contribution is 2.29. The van der Waals surface area contributed by atoms with E-state index in [1.54, 1.807) is 31.4 Å². The zero-order valence-corrected chi connectivity index (χ0v) is 14.6. The summed E-state index contributed by atoms with van der Waals surface area (Å²) < 4.78 is 46.7. The van der Waals surface area contributed by atoms with E-state index in [0.29, 0.717) is 11.4 Å². The summed E-state index contributed by atoms with van der Waals surface area (Å²) in [6, 6.07) is 6.31. The van der Waals surface area contributed by atoms with E-state index in [-0.39, 0.29) is 13.2 Å². The smallest absolute Gasteiger partial charge is 0.412 e. The highest BCUT2D eigenvalue weighted by atomic mass is 32.2. The number of methoxy groups -OCH3 is 1. The minimum Gasteiger partial charge on any atom is -0.497 e. The Morgan fingerprint density at radius 1 is 1.16 bits per heavy atom. The Hall–Kier alpha value is -1.88. The Morgan fingerprint density at radius 3 is 2.48 bits per heavy atom. The Balaban J connectivity index is 1.54. The molecule has 2 N–H and O–H groups in total. The lowest BCUT2D eigenvalue weighted by Crippen LogP contribution is -2.44. The fourth-order valence-electron chi connectivity index (χ4n) is 2.90. The lowest BCUT2D eigenvalue weighted by atomic mass is 10.1. The van der Waals surface area contributed by atoms with Crippen LogP contribution in [0.3, 0.4) is 0 Å². The SMILES string of the molecule is COc1ccc(NC(=O)O[C@@H]2CO[C@H]3[C@@H]2OC[C@@H]3NS(C)(=O)=O)cc1. The molecule has 0 saturated carbocycles. The molecule has 3 rings (SSSR count). The predicted molar refractivity (Wildman–Crippen MR) is 88.1 cm³/mol. The van der Waals surface area contributed by atoms with Gasteiger partial charge >= 0.3 is 6.09 Å². The maximum Gasteiger partial charge on any atom is 0.412 e. The minimum atomic E-state index is -3.37. The quantitative estimate of drug-likeness (QED) is 0.766. The van der Waals surface area contributed by atoms with Crippen molar-refractivity contribution >= 4 is 21.8 Å². The summed E-state index contributed by atoms with van der Waals surface area (Å²) in [5, 5.41) is 2.61. The number of carbonyl (C=O) groups is 1. The first kappa shape index (κ1) is 17.9. The number of rotatable bonds is 5. The summed E-state index contributed by atoms with van der Waals surface area (Å²) in [7, 11) is -1.82. The van der Waals surface area contributed by atoms with Crippen molar-refractivity contribution in [3.63, 3.8) is 0 Å². The highest BCUT2D eigenvalue weighted by molar-refractivity contribution is 7.88. The fraction of sp³-hybridized carbons (Fsp3) is 0.533. The number of amides is 1. The van der Waals surface area contributed by atoms with Crippen molar-refractivity contribution in [1.29, 1.82) is 0 Å². The summed E-state index contributed by atoms with van der Waals surface area (Å²) in [5.41, 5.74) is 0.560. The molecule has 4 atom stereocenters. The van der Waals surface area contributed by atoms with Crippen molar-refractivity contribution in [3.05, 3.63) is 24.3 Å². The van der Waals surface area contributed by atoms with Crippen LogP contribution in [0.5, 0.6) is 5.75 Å². The molecule has 1 amide bonds. The number of sulfonamides is 1. The molecule has 25 heavy (non-hydrogen) atoms. The Bertz CT molecular complexity index is 722. The lowest BCUT2D eigenvalue weighted by Gasteiger charge is -2.17. The van der Waals surface area contributed by atoms with Crippen LogP contribution >= 0.6 is 0 Å². The lowest BCUT2D eigenvalue weighted by molar-refractivity contribution is 0.00884. The van der Waals surface area contributed by atoms with Crippen LogP contribution in [0.2, 0.25) is 0 Å². The molecule has 2 aliphatic heterocycles. The van der Waals surface area contributed by atoms with Crippen LogP contribution in [0.15, 0.2) is 24.3 Å². The van der Waals surface area contributed by atoms with Gasteiger partial charge in [-0.15, -0.1) is 0 Å². The van der Waals surface area contributed by atoms with Crippen LogP contribution in [0.4, 0.5) is 10.5 Å². The molecule has 9 nitrogen and oxygen atoms in total. The highest BCUT2D eigenvalue weighted by Gasteiger charge is 2.50. The largest absolute Gasteiger partial charge is 0.497 e. The zero-order valence-electron chi connectivity index (χ0n) is 13.8. The Morgan fingerprint density at radius 2 is 1.84 bits per heavy atom. The third-order valence-electron chi connectivity index (χ3n) is 3.97. The molecule has 2 aliphatic rings. The van der Waals surface area contributed by atoms with E-state index in [9.17, 15) is 13.2 Å². The molecule has 10 heteroatoms. The van der Waals surface area contributed by atoms with Crippen LogP contribution in [-0.4, -0.2) is 65.4 Å². The van der Waals surface area contributed by atoms with E-state index in [2.05, 4.69) is 10.0 Å². The normalized spacial score (nSPS) is 28.4. The standard InChI is InChI=1S/C15H20N2O7S/c1-21-10-5-3-9(4-6-10)16-15(18)24-12-8-23-13-11(7-22-14(12)13)17-25(2,19)20/h3-6,11-14,17H,7-8H2,1-2H3,(H,16,18)/t11-,12+,13+,14+/m0/s1. The van der Waals surface area contributed by atoms with Gasteiger partial charge in [0.2, 0.25) is 10.0 Å². The van der Waals surface area contributed by atoms with Crippen molar-refractivity contribution in [2.45, 2.75) is 24.4 Å². The van der Waals surface area contributed by atoms with Crippen molar-refractivity contribution in [2.75, 3.05) is 31.9 Å². The molecule has 0 bridgehead atoms. The van der Waals surface area contributed by atoms with Gasteiger partial charge in [0.1, 0.15) is 18.0 Å².